The molecule has 2 heterocycles. The van der Waals surface area contributed by atoms with E-state index in [2.05, 4.69) is 394 Å². The Labute approximate surface area is 779 Å². The van der Waals surface area contributed by atoms with Crippen molar-refractivity contribution in [2.45, 2.75) is 308 Å². The van der Waals surface area contributed by atoms with E-state index in [4.69, 9.17) is 5.11 Å². The highest BCUT2D eigenvalue weighted by atomic mass is 16.3. The number of phenols is 1. The van der Waals surface area contributed by atoms with Crippen LogP contribution >= 0.6 is 0 Å². The van der Waals surface area contributed by atoms with Crippen molar-refractivity contribution in [2.24, 2.45) is 59.2 Å². The van der Waals surface area contributed by atoms with Gasteiger partial charge in [-0.25, -0.2) is 4.98 Å². The number of hydrogen-bond donors (Lipinski definition) is 3. The number of aromatic amines is 2. The van der Waals surface area contributed by atoms with Gasteiger partial charge in [-0.1, -0.05) is 486 Å². The molecule has 0 unspecified atom stereocenters. The number of imidazole rings is 1. The minimum Gasteiger partial charge on any atom is -0.508 e. The predicted octanol–water partition coefficient (Wildman–Crippen LogP) is 38.8. The quantitative estimate of drug-likeness (QED) is 0.0598. The van der Waals surface area contributed by atoms with Gasteiger partial charge in [0.15, 0.2) is 0 Å². The smallest absolute Gasteiger partial charge is 0.115 e. The minimum absolute atomic E-state index is 0. The molecular weight excluding hydrogens is 1520 g/mol. The van der Waals surface area contributed by atoms with E-state index in [1.165, 1.54) is 183 Å². The van der Waals surface area contributed by atoms with Crippen molar-refractivity contribution in [3.63, 3.8) is 0 Å². The molecule has 126 heavy (non-hydrogen) atoms. The molecule has 14 rings (SSSR count). The molecule has 0 radical (unpaired) electrons. The molecule has 1 saturated carbocycles. The Balaban J connectivity index is -0.000000434. The number of aromatic nitrogens is 3. The molecule has 698 valence electrons. The van der Waals surface area contributed by atoms with Crippen molar-refractivity contribution >= 4 is 32.4 Å². The lowest BCUT2D eigenvalue weighted by molar-refractivity contribution is 0.305. The molecule has 13 aromatic rings. The van der Waals surface area contributed by atoms with Crippen LogP contribution in [0.15, 0.2) is 292 Å². The van der Waals surface area contributed by atoms with E-state index in [0.717, 1.165) is 78.9 Å². The topological polar surface area (TPSA) is 64.7 Å². The largest absolute Gasteiger partial charge is 0.508 e. The van der Waals surface area contributed by atoms with Gasteiger partial charge in [-0.2, -0.15) is 0 Å². The van der Waals surface area contributed by atoms with Crippen molar-refractivity contribution in [2.75, 3.05) is 0 Å². The van der Waals surface area contributed by atoms with E-state index in [1.807, 2.05) is 18.3 Å². The Morgan fingerprint density at radius 1 is 0.294 bits per heavy atom. The number of para-hydroxylation sites is 1. The zero-order valence-corrected chi connectivity index (χ0v) is 74.9. The molecule has 0 aliphatic heterocycles. The van der Waals surface area contributed by atoms with Crippen molar-refractivity contribution in [1.29, 1.82) is 0 Å². The number of nitrogens with one attached hydrogen (secondary N) is 2. The fourth-order valence-corrected chi connectivity index (χ4v) is 14.5. The van der Waals surface area contributed by atoms with Gasteiger partial charge in [0.05, 0.1) is 6.33 Å². The Kier molecular flexibility index (Phi) is 70.9. The van der Waals surface area contributed by atoms with E-state index in [9.17, 15) is 0 Å². The maximum atomic E-state index is 9.03. The number of hydrogen-bond acceptors (Lipinski definition) is 2. The molecule has 1 aliphatic carbocycles. The average Bonchev–Trinajstić information content (AvgIpc) is 1.43. The SMILES string of the molecule is C.C.C.C.C.C.C.C.C.C.CC(C)CC1CCCCC1.CC(C)CCc1ccc(-c2ccccc2)cc1.CC(C)CCc1ccc(O)cc1.CC(C)CCc1ccccc1.CC(C)Cc1c[nH]c2ccccc12.CC(C)Cc1ccc(-c2ccccc2)cc1.CC(C)Cc1ccc2ccccc2c1.CC(C)Cc1cccc2ccccc12.CC(C)Cc1cnc[nH]1. The lowest BCUT2D eigenvalue weighted by Crippen LogP contribution is -2.08. The predicted molar refractivity (Wildman–Crippen MR) is 579 cm³/mol. The first-order valence-corrected chi connectivity index (χ1v) is 44.4. The number of rotatable bonds is 23. The molecule has 1 aliphatic rings. The summed E-state index contributed by atoms with van der Waals surface area (Å²) in [4.78, 5) is 10.3. The molecule has 4 heteroatoms. The lowest BCUT2D eigenvalue weighted by atomic mass is 9.84. The van der Waals surface area contributed by atoms with Crippen molar-refractivity contribution < 1.29 is 5.11 Å². The lowest BCUT2D eigenvalue weighted by Gasteiger charge is -2.22. The zero-order valence-electron chi connectivity index (χ0n) is 74.9. The molecule has 0 bridgehead atoms. The van der Waals surface area contributed by atoms with Crippen LogP contribution in [0.25, 0.3) is 54.7 Å². The standard InChI is InChI=1S/C17H20.C16H18.2C14H16.C12H15N.C11H16O.C11H16.C10H20.C7H12N2.10CH4/c1-14(2)8-9-15-10-12-17(13-11-15)16-6-4-3-5-7-16;1-13(2)12-14-8-10-16(11-9-14)15-6-4-3-5-7-15;1-11(2)10-13-8-5-7-12-6-3-4-9-14(12)13;1-11(2)9-12-7-8-13-5-3-4-6-14(13)10-12;1-9(2)7-10-8-13-12-6-4-3-5-11(10)12;1-9(2)3-4-10-5-7-11(12)8-6-10;1-10(2)8-9-11-6-4-3-5-7-11;1-9(2)8-10-6-4-3-5-7-10;1-6(2)3-7-4-8-5-9-7;;;;;;;;;;/h3-7,10-14H,8-9H2,1-2H3;3-11,13H,12H2,1-2H3;3-9,11H,10H2,1-2H3;3-8,10-11H,9H2,1-2H3;3-6,8-9,13H,7H2,1-2H3;5-9,12H,3-4H2,1-2H3;3-7,10H,8-9H2,1-2H3;9-10H,3-8H2,1-2H3;4-6H,3H2,1-2H3,(H,8,9);10*1H4. The molecule has 3 N–H and O–H groups in total. The number of nitrogens with zero attached hydrogens (tertiary/aromatic N) is 1. The fraction of sp³-hybridized carbons (Fsp3) is 0.451. The maximum Gasteiger partial charge on any atom is 0.115 e. The minimum atomic E-state index is 0. The number of benzene rings is 11. The van der Waals surface area contributed by atoms with Gasteiger partial charge in [-0.15, -0.1) is 0 Å². The molecule has 0 amide bonds. The molecular formula is C122H189N3O. The first-order valence-electron chi connectivity index (χ1n) is 44.4. The first kappa shape index (κ1) is 125. The molecule has 1 fully saturated rings. The third kappa shape index (κ3) is 52.6. The van der Waals surface area contributed by atoms with Gasteiger partial charge in [-0.05, 0) is 237 Å². The highest BCUT2D eigenvalue weighted by molar-refractivity contribution is 5.86. The van der Waals surface area contributed by atoms with E-state index in [1.54, 1.807) is 18.5 Å². The van der Waals surface area contributed by atoms with Crippen molar-refractivity contribution in [3.8, 4) is 28.0 Å². The van der Waals surface area contributed by atoms with E-state index < -0.39 is 0 Å². The second kappa shape index (κ2) is 71.5. The summed E-state index contributed by atoms with van der Waals surface area (Å²) < 4.78 is 0. The van der Waals surface area contributed by atoms with Crippen molar-refractivity contribution in [3.05, 3.63) is 336 Å². The van der Waals surface area contributed by atoms with Crippen molar-refractivity contribution in [1.82, 2.24) is 15.0 Å². The van der Waals surface area contributed by atoms with Crippen LogP contribution in [0.2, 0.25) is 0 Å². The molecule has 0 spiro atoms. The Morgan fingerprint density at radius 3 is 1.12 bits per heavy atom. The van der Waals surface area contributed by atoms with Crippen LogP contribution in [0, 0.1) is 59.2 Å². The van der Waals surface area contributed by atoms with Gasteiger partial charge in [-0.3, -0.25) is 0 Å². The van der Waals surface area contributed by atoms with Gasteiger partial charge < -0.3 is 15.1 Å². The summed E-state index contributed by atoms with van der Waals surface area (Å²) in [6.07, 6.45) is 27.8. The highest BCUT2D eigenvalue weighted by Crippen LogP contribution is 2.30. The molecule has 2 aromatic heterocycles. The third-order valence-electron chi connectivity index (χ3n) is 20.6. The molecule has 4 nitrogen and oxygen atoms in total. The van der Waals surface area contributed by atoms with Gasteiger partial charge in [0.25, 0.3) is 0 Å². The Bertz CT molecular complexity index is 4580. The molecule has 0 atom stereocenters. The first-order chi connectivity index (χ1) is 55.8. The van der Waals surface area contributed by atoms with E-state index >= 15 is 0 Å². The fourth-order valence-electron chi connectivity index (χ4n) is 14.5. The zero-order chi connectivity index (χ0) is 83.8. The number of H-pyrrole nitrogens is 2. The van der Waals surface area contributed by atoms with Gasteiger partial charge in [0.2, 0.25) is 0 Å². The number of fused-ring (bicyclic) bond motifs is 3. The second-order valence-electron chi connectivity index (χ2n) is 36.0. The van der Waals surface area contributed by atoms with Crippen LogP contribution in [-0.2, 0) is 51.4 Å². The van der Waals surface area contributed by atoms with Crippen LogP contribution < -0.4 is 0 Å². The van der Waals surface area contributed by atoms with Crippen LogP contribution in [0.3, 0.4) is 0 Å². The normalized spacial score (nSPS) is 10.8. The van der Waals surface area contributed by atoms with Crippen LogP contribution in [0.5, 0.6) is 5.75 Å². The monoisotopic (exact) mass is 1710 g/mol. The second-order valence-corrected chi connectivity index (χ2v) is 36.0. The molecule has 11 aromatic carbocycles. The maximum absolute atomic E-state index is 9.03. The summed E-state index contributed by atoms with van der Waals surface area (Å²) in [7, 11) is 0. The number of phenolic OH excluding ortho intramolecular Hbond substituents is 1. The number of aryl methyl sites for hydroxylation is 3. The van der Waals surface area contributed by atoms with Gasteiger partial charge in [0, 0.05) is 29.0 Å². The van der Waals surface area contributed by atoms with Crippen LogP contribution in [0.1, 0.15) is 301 Å². The summed E-state index contributed by atoms with van der Waals surface area (Å²) in [6, 6.07) is 96.0. The highest BCUT2D eigenvalue weighted by Gasteiger charge is 2.14. The summed E-state index contributed by atoms with van der Waals surface area (Å²) in [6.45, 7) is 40.7. The Morgan fingerprint density at radius 2 is 0.667 bits per heavy atom. The average molecular weight is 1710 g/mol. The van der Waals surface area contributed by atoms with Gasteiger partial charge in [0.1, 0.15) is 5.75 Å². The summed E-state index contributed by atoms with van der Waals surface area (Å²) in [5, 5.41) is 15.9. The van der Waals surface area contributed by atoms with E-state index in [-0.39, 0.29) is 74.3 Å². The van der Waals surface area contributed by atoms with Gasteiger partial charge >= 0.3 is 0 Å². The van der Waals surface area contributed by atoms with Crippen LogP contribution in [0.4, 0.5) is 0 Å². The summed E-state index contributed by atoms with van der Waals surface area (Å²) >= 11 is 0. The van der Waals surface area contributed by atoms with E-state index in [0.29, 0.717) is 11.7 Å². The third-order valence-corrected chi connectivity index (χ3v) is 20.6. The van der Waals surface area contributed by atoms with Crippen LogP contribution in [-0.4, -0.2) is 20.1 Å². The number of aromatic hydroxyl groups is 1. The summed E-state index contributed by atoms with van der Waals surface area (Å²) in [5.74, 6) is 8.31. The summed E-state index contributed by atoms with van der Waals surface area (Å²) in [5.41, 5.74) is 17.6. The molecule has 0 saturated heterocycles. The Hall–Kier alpha value is -9.51.